The van der Waals surface area contributed by atoms with E-state index in [2.05, 4.69) is 0 Å². The normalized spacial score (nSPS) is 12.1. The van der Waals surface area contributed by atoms with Gasteiger partial charge >= 0.3 is 11.9 Å². The maximum Gasteiger partial charge on any atom is 0.306 e. The van der Waals surface area contributed by atoms with Gasteiger partial charge in [-0.25, -0.2) is 0 Å². The molecule has 0 radical (unpaired) electrons. The molecular formula is C16H30O6. The van der Waals surface area contributed by atoms with Gasteiger partial charge in [-0.1, -0.05) is 0 Å². The summed E-state index contributed by atoms with van der Waals surface area (Å²) in [4.78, 5) is 23.3. The van der Waals surface area contributed by atoms with Gasteiger partial charge in [0, 0.05) is 38.9 Å². The first-order valence-corrected chi connectivity index (χ1v) is 7.77. The van der Waals surface area contributed by atoms with Gasteiger partial charge in [-0.05, 0) is 40.5 Å². The standard InChI is InChI=1S/C16H30O6/c1-15(2,9-11-17)21-13(19)7-5-6-8-14(20)22-16(3,4)10-12-18/h17-18H,5-12H2,1-4H3. The van der Waals surface area contributed by atoms with E-state index in [4.69, 9.17) is 19.7 Å². The molecule has 0 heterocycles. The number of carbonyl (C=O) groups excluding carboxylic acids is 2. The zero-order valence-corrected chi connectivity index (χ0v) is 14.2. The minimum Gasteiger partial charge on any atom is -0.460 e. The highest BCUT2D eigenvalue weighted by Gasteiger charge is 2.23. The summed E-state index contributed by atoms with van der Waals surface area (Å²) in [6.45, 7) is 6.94. The minimum atomic E-state index is -0.668. The summed E-state index contributed by atoms with van der Waals surface area (Å²) in [5, 5.41) is 17.7. The van der Waals surface area contributed by atoms with Crippen LogP contribution in [0.15, 0.2) is 0 Å². The molecule has 0 spiro atoms. The number of aliphatic hydroxyl groups excluding tert-OH is 2. The molecule has 2 N–H and O–H groups in total. The van der Waals surface area contributed by atoms with E-state index >= 15 is 0 Å². The average Bonchev–Trinajstić information content (AvgIpc) is 2.33. The molecule has 22 heavy (non-hydrogen) atoms. The van der Waals surface area contributed by atoms with Crippen LogP contribution in [-0.4, -0.2) is 46.6 Å². The first kappa shape index (κ1) is 20.9. The lowest BCUT2D eigenvalue weighted by molar-refractivity contribution is -0.160. The lowest BCUT2D eigenvalue weighted by Gasteiger charge is -2.24. The SMILES string of the molecule is CC(C)(CCO)OC(=O)CCCCC(=O)OC(C)(C)CCO. The molecule has 0 saturated heterocycles. The zero-order valence-electron chi connectivity index (χ0n) is 14.2. The Morgan fingerprint density at radius 3 is 1.36 bits per heavy atom. The molecule has 6 nitrogen and oxygen atoms in total. The van der Waals surface area contributed by atoms with Gasteiger partial charge < -0.3 is 19.7 Å². The van der Waals surface area contributed by atoms with Crippen LogP contribution in [0.25, 0.3) is 0 Å². The molecule has 6 heteroatoms. The molecule has 130 valence electrons. The van der Waals surface area contributed by atoms with Crippen LogP contribution < -0.4 is 0 Å². The van der Waals surface area contributed by atoms with Gasteiger partial charge in [0.25, 0.3) is 0 Å². The van der Waals surface area contributed by atoms with E-state index in [0.29, 0.717) is 25.7 Å². The number of rotatable bonds is 11. The van der Waals surface area contributed by atoms with Crippen molar-refractivity contribution < 1.29 is 29.3 Å². The van der Waals surface area contributed by atoms with E-state index in [-0.39, 0.29) is 38.0 Å². The molecule has 0 aromatic carbocycles. The van der Waals surface area contributed by atoms with E-state index in [1.807, 2.05) is 0 Å². The fourth-order valence-corrected chi connectivity index (χ4v) is 1.90. The average molecular weight is 318 g/mol. The number of aliphatic hydroxyl groups is 2. The molecule has 0 saturated carbocycles. The van der Waals surface area contributed by atoms with Crippen LogP contribution in [0.2, 0.25) is 0 Å². The number of unbranched alkanes of at least 4 members (excludes halogenated alkanes) is 1. The summed E-state index contributed by atoms with van der Waals surface area (Å²) in [6, 6.07) is 0. The van der Waals surface area contributed by atoms with E-state index in [9.17, 15) is 9.59 Å². The van der Waals surface area contributed by atoms with Crippen LogP contribution >= 0.6 is 0 Å². The second-order valence-corrected chi connectivity index (χ2v) is 6.62. The molecule has 0 aliphatic rings. The van der Waals surface area contributed by atoms with Crippen LogP contribution in [-0.2, 0) is 19.1 Å². The molecule has 0 rings (SSSR count). The van der Waals surface area contributed by atoms with Gasteiger partial charge in [-0.15, -0.1) is 0 Å². The van der Waals surface area contributed by atoms with Crippen molar-refractivity contribution in [1.29, 1.82) is 0 Å². The third-order valence-electron chi connectivity index (χ3n) is 3.22. The monoisotopic (exact) mass is 318 g/mol. The largest absolute Gasteiger partial charge is 0.460 e. The van der Waals surface area contributed by atoms with E-state index in [1.54, 1.807) is 27.7 Å². The second-order valence-electron chi connectivity index (χ2n) is 6.62. The van der Waals surface area contributed by atoms with Crippen molar-refractivity contribution in [2.24, 2.45) is 0 Å². The van der Waals surface area contributed by atoms with E-state index in [1.165, 1.54) is 0 Å². The Kier molecular flexibility index (Phi) is 9.28. The van der Waals surface area contributed by atoms with Gasteiger partial charge in [0.2, 0.25) is 0 Å². The Balaban J connectivity index is 3.89. The van der Waals surface area contributed by atoms with Crippen LogP contribution in [0.5, 0.6) is 0 Å². The second kappa shape index (κ2) is 9.79. The predicted molar refractivity (Wildman–Crippen MR) is 82.2 cm³/mol. The molecule has 0 amide bonds. The Morgan fingerprint density at radius 2 is 1.09 bits per heavy atom. The molecular weight excluding hydrogens is 288 g/mol. The summed E-state index contributed by atoms with van der Waals surface area (Å²) >= 11 is 0. The third-order valence-corrected chi connectivity index (χ3v) is 3.22. The highest BCUT2D eigenvalue weighted by atomic mass is 16.6. The first-order valence-electron chi connectivity index (χ1n) is 7.77. The number of hydrogen-bond acceptors (Lipinski definition) is 6. The van der Waals surface area contributed by atoms with E-state index in [0.717, 1.165) is 0 Å². The van der Waals surface area contributed by atoms with Crippen molar-refractivity contribution in [2.45, 2.75) is 77.4 Å². The molecule has 0 bridgehead atoms. The minimum absolute atomic E-state index is 0.0320. The Bertz CT molecular complexity index is 315. The van der Waals surface area contributed by atoms with Gasteiger partial charge in [0.05, 0.1) is 0 Å². The molecule has 0 aromatic rings. The Morgan fingerprint density at radius 1 is 0.773 bits per heavy atom. The van der Waals surface area contributed by atoms with Crippen LogP contribution in [0.1, 0.15) is 66.2 Å². The predicted octanol–water partition coefficient (Wildman–Crippen LogP) is 1.96. The van der Waals surface area contributed by atoms with Gasteiger partial charge in [-0.3, -0.25) is 9.59 Å². The van der Waals surface area contributed by atoms with Crippen molar-refractivity contribution >= 4 is 11.9 Å². The summed E-state index contributed by atoms with van der Waals surface area (Å²) < 4.78 is 10.5. The van der Waals surface area contributed by atoms with Crippen LogP contribution in [0, 0.1) is 0 Å². The number of esters is 2. The summed E-state index contributed by atoms with van der Waals surface area (Å²) in [7, 11) is 0. The maximum atomic E-state index is 11.6. The van der Waals surface area contributed by atoms with Crippen molar-refractivity contribution in [3.05, 3.63) is 0 Å². The Labute approximate surface area is 132 Å². The lowest BCUT2D eigenvalue weighted by Crippen LogP contribution is -2.29. The van der Waals surface area contributed by atoms with Crippen molar-refractivity contribution in [3.63, 3.8) is 0 Å². The molecule has 0 fully saturated rings. The highest BCUT2D eigenvalue weighted by molar-refractivity contribution is 5.71. The fraction of sp³-hybridized carbons (Fsp3) is 0.875. The maximum absolute atomic E-state index is 11.6. The fourth-order valence-electron chi connectivity index (χ4n) is 1.90. The van der Waals surface area contributed by atoms with Gasteiger partial charge in [-0.2, -0.15) is 0 Å². The third kappa shape index (κ3) is 10.6. The van der Waals surface area contributed by atoms with Crippen molar-refractivity contribution in [3.8, 4) is 0 Å². The van der Waals surface area contributed by atoms with E-state index < -0.39 is 11.2 Å². The first-order chi connectivity index (χ1) is 10.1. The van der Waals surface area contributed by atoms with Gasteiger partial charge in [0.15, 0.2) is 0 Å². The highest BCUT2D eigenvalue weighted by Crippen LogP contribution is 2.17. The van der Waals surface area contributed by atoms with Crippen LogP contribution in [0.3, 0.4) is 0 Å². The smallest absolute Gasteiger partial charge is 0.306 e. The zero-order chi connectivity index (χ0) is 17.2. The van der Waals surface area contributed by atoms with Crippen molar-refractivity contribution in [1.82, 2.24) is 0 Å². The molecule has 0 aliphatic heterocycles. The number of hydrogen-bond donors (Lipinski definition) is 2. The molecule has 0 aromatic heterocycles. The molecule has 0 unspecified atom stereocenters. The number of ether oxygens (including phenoxy) is 2. The summed E-state index contributed by atoms with van der Waals surface area (Å²) in [6.07, 6.45) is 2.35. The summed E-state index contributed by atoms with van der Waals surface area (Å²) in [5.41, 5.74) is -1.34. The topological polar surface area (TPSA) is 93.1 Å². The lowest BCUT2D eigenvalue weighted by atomic mass is 10.1. The number of carbonyl (C=O) groups is 2. The Hall–Kier alpha value is -1.14. The quantitative estimate of drug-likeness (QED) is 0.447. The molecule has 0 aliphatic carbocycles. The van der Waals surface area contributed by atoms with Gasteiger partial charge in [0.1, 0.15) is 11.2 Å². The van der Waals surface area contributed by atoms with Crippen LogP contribution in [0.4, 0.5) is 0 Å². The summed E-state index contributed by atoms with van der Waals surface area (Å²) in [5.74, 6) is -0.653. The molecule has 0 atom stereocenters. The van der Waals surface area contributed by atoms with Crippen molar-refractivity contribution in [2.75, 3.05) is 13.2 Å².